The lowest BCUT2D eigenvalue weighted by Crippen LogP contribution is -2.48. The maximum absolute atomic E-state index is 5.73. The quantitative estimate of drug-likeness (QED) is 0.103. The van der Waals surface area contributed by atoms with Crippen molar-refractivity contribution in [2.45, 2.75) is 39.8 Å². The Labute approximate surface area is 444 Å². The van der Waals surface area contributed by atoms with Gasteiger partial charge in [-0.25, -0.2) is 0 Å². The van der Waals surface area contributed by atoms with E-state index >= 15 is 0 Å². The zero-order valence-corrected chi connectivity index (χ0v) is 43.7. The van der Waals surface area contributed by atoms with E-state index in [1.807, 2.05) is 33.6 Å². The standard InChI is InChI=1S/2C30H32N6O2/c2*1-22-8-6-9-23(2)28(22)36-30(31-32-33-36)29(25-13-14-26-27(20-25)38-21-37-26)35-18-16-34(17-19-35)15-7-12-24-10-4-3-5-11-24/h2*3-14,20,29H,15-19,21H2,1-2H3/b2*12-7+/t2*29-/m10/s1. The van der Waals surface area contributed by atoms with E-state index in [1.54, 1.807) is 0 Å². The van der Waals surface area contributed by atoms with Crippen LogP contribution in [-0.4, -0.2) is 139 Å². The van der Waals surface area contributed by atoms with Gasteiger partial charge in [0.1, 0.15) is 0 Å². The van der Waals surface area contributed by atoms with Crippen molar-refractivity contribution in [1.82, 2.24) is 60.0 Å². The van der Waals surface area contributed by atoms with Crippen LogP contribution in [0.1, 0.15) is 68.2 Å². The molecule has 2 saturated heterocycles. The molecule has 388 valence electrons. The van der Waals surface area contributed by atoms with Crippen LogP contribution < -0.4 is 18.9 Å². The molecule has 12 rings (SSSR count). The van der Waals surface area contributed by atoms with Crippen LogP contribution in [-0.2, 0) is 0 Å². The Bertz CT molecular complexity index is 3030. The second kappa shape index (κ2) is 23.3. The number of aromatic nitrogens is 8. The second-order valence-electron chi connectivity index (χ2n) is 19.7. The molecular weight excluding hydrogens is 953 g/mol. The van der Waals surface area contributed by atoms with E-state index in [-0.39, 0.29) is 25.7 Å². The summed E-state index contributed by atoms with van der Waals surface area (Å²) < 4.78 is 26.4. The molecule has 0 amide bonds. The van der Waals surface area contributed by atoms with Crippen molar-refractivity contribution in [3.63, 3.8) is 0 Å². The number of benzene rings is 6. The molecule has 4 aliphatic rings. The van der Waals surface area contributed by atoms with Crippen LogP contribution in [0.2, 0.25) is 0 Å². The number of tetrazole rings is 2. The largest absolute Gasteiger partial charge is 0.454 e. The molecule has 8 aromatic rings. The number of ether oxygens (including phenoxy) is 4. The van der Waals surface area contributed by atoms with Crippen molar-refractivity contribution in [2.24, 2.45) is 0 Å². The molecule has 6 heterocycles. The molecule has 6 aromatic carbocycles. The first-order valence-corrected chi connectivity index (χ1v) is 26.2. The first kappa shape index (κ1) is 50.2. The summed E-state index contributed by atoms with van der Waals surface area (Å²) in [6, 6.07) is 45.5. The summed E-state index contributed by atoms with van der Waals surface area (Å²) in [4.78, 5) is 9.93. The fraction of sp³-hybridized carbons (Fsp3) is 0.300. The molecule has 2 atom stereocenters. The predicted molar refractivity (Wildman–Crippen MR) is 293 cm³/mol. The average molecular weight is 1020 g/mol. The molecule has 16 nitrogen and oxygen atoms in total. The van der Waals surface area contributed by atoms with Gasteiger partial charge in [-0.3, -0.25) is 19.6 Å². The first-order chi connectivity index (χ1) is 37.3. The van der Waals surface area contributed by atoms with Crippen LogP contribution in [0, 0.1) is 27.7 Å². The van der Waals surface area contributed by atoms with Gasteiger partial charge >= 0.3 is 0 Å². The van der Waals surface area contributed by atoms with Gasteiger partial charge in [-0.2, -0.15) is 9.36 Å². The van der Waals surface area contributed by atoms with Gasteiger partial charge in [0.15, 0.2) is 34.6 Å². The Morgan fingerprint density at radius 3 is 1.21 bits per heavy atom. The van der Waals surface area contributed by atoms with E-state index in [0.29, 0.717) is 0 Å². The van der Waals surface area contributed by atoms with E-state index in [0.717, 1.165) is 145 Å². The van der Waals surface area contributed by atoms with E-state index in [9.17, 15) is 0 Å². The molecule has 0 unspecified atom stereocenters. The lowest BCUT2D eigenvalue weighted by atomic mass is 10.0. The summed E-state index contributed by atoms with van der Waals surface area (Å²) >= 11 is 0. The van der Waals surface area contributed by atoms with Crippen molar-refractivity contribution in [3.05, 3.63) is 202 Å². The zero-order chi connectivity index (χ0) is 51.8. The average Bonchev–Trinajstić information content (AvgIpc) is 4.31. The molecule has 0 saturated carbocycles. The maximum Gasteiger partial charge on any atom is 0.231 e. The van der Waals surface area contributed by atoms with Gasteiger partial charge in [-0.05, 0) is 117 Å². The number of hydrogen-bond donors (Lipinski definition) is 0. The summed E-state index contributed by atoms with van der Waals surface area (Å²) in [5.41, 5.74) is 11.3. The van der Waals surface area contributed by atoms with Crippen LogP contribution in [0.25, 0.3) is 23.5 Å². The molecule has 2 aromatic heterocycles. The molecule has 0 bridgehead atoms. The van der Waals surface area contributed by atoms with E-state index in [1.165, 1.54) is 11.1 Å². The molecule has 2 fully saturated rings. The number of aryl methyl sites for hydroxylation is 4. The fourth-order valence-electron chi connectivity index (χ4n) is 10.8. The van der Waals surface area contributed by atoms with Crippen LogP contribution in [0.4, 0.5) is 0 Å². The summed E-state index contributed by atoms with van der Waals surface area (Å²) in [6.45, 7) is 18.2. The highest BCUT2D eigenvalue weighted by molar-refractivity contribution is 5.52. The molecule has 76 heavy (non-hydrogen) atoms. The SMILES string of the molecule is Cc1cccc(C)c1-n1nnnc1[C@@H](c1ccc2c(c1)OCO2)N1CCN(C/C=C/c2ccccc2)CC1.Cc1cccc(C)c1-n1nnnc1[C@H](c1ccc2c(c1)OCO2)N1CCN(C/C=C/c2ccccc2)CC1. The second-order valence-corrected chi connectivity index (χ2v) is 19.7. The fourth-order valence-corrected chi connectivity index (χ4v) is 10.8. The minimum absolute atomic E-state index is 0.125. The highest BCUT2D eigenvalue weighted by atomic mass is 16.7. The molecule has 16 heteroatoms. The van der Waals surface area contributed by atoms with Crippen molar-refractivity contribution in [2.75, 3.05) is 79.0 Å². The van der Waals surface area contributed by atoms with Crippen molar-refractivity contribution >= 4 is 12.2 Å². The van der Waals surface area contributed by atoms with Gasteiger partial charge in [-0.15, -0.1) is 10.2 Å². The third-order valence-electron chi connectivity index (χ3n) is 14.7. The normalized spacial score (nSPS) is 16.8. The smallest absolute Gasteiger partial charge is 0.231 e. The van der Waals surface area contributed by atoms with Gasteiger partial charge in [0.05, 0.1) is 23.5 Å². The minimum Gasteiger partial charge on any atom is -0.454 e. The Hall–Kier alpha value is -8.02. The molecule has 0 spiro atoms. The Balaban J connectivity index is 0.000000162. The molecule has 0 aliphatic carbocycles. The van der Waals surface area contributed by atoms with Crippen LogP contribution in [0.5, 0.6) is 23.0 Å². The Morgan fingerprint density at radius 1 is 0.434 bits per heavy atom. The number of nitrogens with zero attached hydrogens (tertiary/aromatic N) is 12. The van der Waals surface area contributed by atoms with Crippen LogP contribution >= 0.6 is 0 Å². The maximum atomic E-state index is 5.73. The van der Waals surface area contributed by atoms with Crippen LogP contribution in [0.3, 0.4) is 0 Å². The van der Waals surface area contributed by atoms with Gasteiger partial charge in [0, 0.05) is 65.4 Å². The summed E-state index contributed by atoms with van der Waals surface area (Å²) in [7, 11) is 0. The Kier molecular flexibility index (Phi) is 15.3. The van der Waals surface area contributed by atoms with E-state index in [4.69, 9.17) is 18.9 Å². The number of hydrogen-bond acceptors (Lipinski definition) is 14. The van der Waals surface area contributed by atoms with Gasteiger partial charge in [0.25, 0.3) is 0 Å². The van der Waals surface area contributed by atoms with E-state index in [2.05, 4.69) is 212 Å². The third-order valence-corrected chi connectivity index (χ3v) is 14.7. The number of para-hydroxylation sites is 2. The number of rotatable bonds is 14. The summed E-state index contributed by atoms with van der Waals surface area (Å²) in [6.07, 6.45) is 8.89. The molecular formula is C60H64N12O4. The highest BCUT2D eigenvalue weighted by Gasteiger charge is 2.35. The lowest BCUT2D eigenvalue weighted by Gasteiger charge is -2.38. The monoisotopic (exact) mass is 1020 g/mol. The van der Waals surface area contributed by atoms with Crippen LogP contribution in [0.15, 0.2) is 146 Å². The number of piperazine rings is 2. The van der Waals surface area contributed by atoms with Crippen molar-refractivity contribution < 1.29 is 18.9 Å². The summed E-state index contributed by atoms with van der Waals surface area (Å²) in [5.74, 6) is 4.69. The number of fused-ring (bicyclic) bond motifs is 2. The van der Waals surface area contributed by atoms with Gasteiger partial charge < -0.3 is 18.9 Å². The Morgan fingerprint density at radius 2 is 0.816 bits per heavy atom. The highest BCUT2D eigenvalue weighted by Crippen LogP contribution is 2.40. The van der Waals surface area contributed by atoms with E-state index < -0.39 is 0 Å². The molecule has 0 N–H and O–H groups in total. The first-order valence-electron chi connectivity index (χ1n) is 26.2. The molecule has 0 radical (unpaired) electrons. The van der Waals surface area contributed by atoms with Crippen molar-refractivity contribution in [3.8, 4) is 34.4 Å². The topological polar surface area (TPSA) is 137 Å². The summed E-state index contributed by atoms with van der Waals surface area (Å²) in [5, 5.41) is 26.4. The third kappa shape index (κ3) is 11.2. The minimum atomic E-state index is -0.125. The predicted octanol–water partition coefficient (Wildman–Crippen LogP) is 8.86. The van der Waals surface area contributed by atoms with Gasteiger partial charge in [-0.1, -0.05) is 133 Å². The van der Waals surface area contributed by atoms with Gasteiger partial charge in [0.2, 0.25) is 13.6 Å². The zero-order valence-electron chi connectivity index (χ0n) is 43.7. The lowest BCUT2D eigenvalue weighted by molar-refractivity contribution is 0.113. The molecule has 4 aliphatic heterocycles. The van der Waals surface area contributed by atoms with Crippen molar-refractivity contribution in [1.29, 1.82) is 0 Å².